The number of ether oxygens (including phenoxy) is 4. The second-order valence-electron chi connectivity index (χ2n) is 8.81. The van der Waals surface area contributed by atoms with E-state index in [1.807, 2.05) is 43.3 Å². The van der Waals surface area contributed by atoms with Crippen LogP contribution in [0, 0.1) is 17.8 Å². The van der Waals surface area contributed by atoms with Crippen LogP contribution in [-0.2, 0) is 9.53 Å². The van der Waals surface area contributed by atoms with Gasteiger partial charge in [-0.2, -0.15) is 0 Å². The molecule has 2 aliphatic carbocycles. The average Bonchev–Trinajstić information content (AvgIpc) is 3.60. The van der Waals surface area contributed by atoms with Crippen molar-refractivity contribution in [1.82, 2.24) is 0 Å². The fourth-order valence-corrected chi connectivity index (χ4v) is 4.56. The van der Waals surface area contributed by atoms with E-state index in [4.69, 9.17) is 18.9 Å². The molecular formula is C26H32O5. The molecule has 0 radical (unpaired) electrons. The van der Waals surface area contributed by atoms with Gasteiger partial charge in [-0.05, 0) is 73.3 Å². The van der Waals surface area contributed by atoms with Gasteiger partial charge in [-0.25, -0.2) is 0 Å². The molecule has 2 saturated carbocycles. The highest BCUT2D eigenvalue weighted by Crippen LogP contribution is 2.47. The highest BCUT2D eigenvalue weighted by Gasteiger charge is 2.39. The molecule has 0 saturated heterocycles. The molecule has 2 fully saturated rings. The number of carbonyl (C=O) groups is 1. The number of benzene rings is 2. The fraction of sp³-hybridized carbons (Fsp3) is 0.500. The Morgan fingerprint density at radius 2 is 1.71 bits per heavy atom. The maximum Gasteiger partial charge on any atom is 0.309 e. The second kappa shape index (κ2) is 9.63. The molecule has 2 aromatic rings. The summed E-state index contributed by atoms with van der Waals surface area (Å²) >= 11 is 0. The topological polar surface area (TPSA) is 54.0 Å². The molecule has 0 aliphatic heterocycles. The molecule has 5 heteroatoms. The molecule has 2 atom stereocenters. The average molecular weight is 425 g/mol. The molecule has 0 spiro atoms. The Morgan fingerprint density at radius 1 is 1.00 bits per heavy atom. The Labute approximate surface area is 184 Å². The number of rotatable bonds is 10. The first-order valence-electron chi connectivity index (χ1n) is 11.2. The molecule has 31 heavy (non-hydrogen) atoms. The number of methoxy groups -OCH3 is 2. The zero-order chi connectivity index (χ0) is 21.8. The van der Waals surface area contributed by atoms with Gasteiger partial charge in [-0.15, -0.1) is 0 Å². The summed E-state index contributed by atoms with van der Waals surface area (Å²) in [6.45, 7) is 2.65. The van der Waals surface area contributed by atoms with Crippen LogP contribution in [0.15, 0.2) is 48.5 Å². The van der Waals surface area contributed by atoms with Crippen LogP contribution in [0.25, 0.3) is 0 Å². The number of carbonyl (C=O) groups excluding carboxylic acids is 1. The van der Waals surface area contributed by atoms with Gasteiger partial charge in [0.15, 0.2) is 0 Å². The lowest BCUT2D eigenvalue weighted by Crippen LogP contribution is -2.37. The van der Waals surface area contributed by atoms with Crippen molar-refractivity contribution in [1.29, 1.82) is 0 Å². The zero-order valence-electron chi connectivity index (χ0n) is 18.6. The van der Waals surface area contributed by atoms with Crippen LogP contribution in [0.4, 0.5) is 0 Å². The third-order valence-corrected chi connectivity index (χ3v) is 6.51. The first kappa shape index (κ1) is 21.5. The fourth-order valence-electron chi connectivity index (χ4n) is 4.56. The molecule has 2 aliphatic rings. The summed E-state index contributed by atoms with van der Waals surface area (Å²) in [4.78, 5) is 12.1. The van der Waals surface area contributed by atoms with Gasteiger partial charge in [0.1, 0.15) is 17.2 Å². The van der Waals surface area contributed by atoms with E-state index in [1.165, 1.54) is 25.5 Å². The van der Waals surface area contributed by atoms with Crippen LogP contribution in [0.3, 0.4) is 0 Å². The van der Waals surface area contributed by atoms with Crippen LogP contribution in [0.5, 0.6) is 17.2 Å². The summed E-state index contributed by atoms with van der Waals surface area (Å²) in [7, 11) is 3.13. The Balaban J connectivity index is 1.28. The number of hydrogen-bond donors (Lipinski definition) is 0. The van der Waals surface area contributed by atoms with E-state index < -0.39 is 0 Å². The minimum absolute atomic E-state index is 0.139. The molecule has 2 aromatic carbocycles. The molecule has 2 unspecified atom stereocenters. The maximum absolute atomic E-state index is 12.1. The molecule has 0 N–H and O–H groups in total. The minimum Gasteiger partial charge on any atom is -0.497 e. The SMILES string of the molecule is COC(=O)C(C)C(c1cccc(OCC2CC(Oc3cccc(OC)c3)C2)c1)C1CC1. The molecular weight excluding hydrogens is 392 g/mol. The maximum atomic E-state index is 12.1. The Morgan fingerprint density at radius 3 is 2.42 bits per heavy atom. The second-order valence-corrected chi connectivity index (χ2v) is 8.81. The zero-order valence-corrected chi connectivity index (χ0v) is 18.6. The summed E-state index contributed by atoms with van der Waals surface area (Å²) < 4.78 is 22.4. The predicted octanol–water partition coefficient (Wildman–Crippen LogP) is 5.23. The van der Waals surface area contributed by atoms with Crippen molar-refractivity contribution in [3.05, 3.63) is 54.1 Å². The lowest BCUT2D eigenvalue weighted by atomic mass is 9.82. The molecule has 0 heterocycles. The standard InChI is InChI=1S/C26H32O5/c1-17(26(27)29-3)25(19-10-11-19)20-6-4-8-22(14-20)30-16-18-12-24(13-18)31-23-9-5-7-21(15-23)28-2/h4-9,14-15,17-19,24-25H,10-13,16H2,1-3H3. The molecule has 5 nitrogen and oxygen atoms in total. The number of hydrogen-bond acceptors (Lipinski definition) is 5. The molecule has 166 valence electrons. The summed E-state index contributed by atoms with van der Waals surface area (Å²) in [5.74, 6) is 3.49. The lowest BCUT2D eigenvalue weighted by molar-refractivity contribution is -0.145. The van der Waals surface area contributed by atoms with Gasteiger partial charge in [0, 0.05) is 6.07 Å². The summed E-state index contributed by atoms with van der Waals surface area (Å²) in [6.07, 6.45) is 4.55. The highest BCUT2D eigenvalue weighted by molar-refractivity contribution is 5.73. The molecule has 0 aromatic heterocycles. The summed E-state index contributed by atoms with van der Waals surface area (Å²) in [5, 5.41) is 0. The van der Waals surface area contributed by atoms with Gasteiger partial charge in [0.25, 0.3) is 0 Å². The van der Waals surface area contributed by atoms with Gasteiger partial charge >= 0.3 is 5.97 Å². The van der Waals surface area contributed by atoms with Gasteiger partial charge in [0.2, 0.25) is 0 Å². The van der Waals surface area contributed by atoms with Crippen molar-refractivity contribution >= 4 is 5.97 Å². The molecule has 4 rings (SSSR count). The quantitative estimate of drug-likeness (QED) is 0.489. The first-order chi connectivity index (χ1) is 15.1. The Kier molecular flexibility index (Phi) is 6.69. The van der Waals surface area contributed by atoms with Crippen molar-refractivity contribution in [2.24, 2.45) is 17.8 Å². The van der Waals surface area contributed by atoms with E-state index in [2.05, 4.69) is 12.1 Å². The van der Waals surface area contributed by atoms with Crippen molar-refractivity contribution < 1.29 is 23.7 Å². The van der Waals surface area contributed by atoms with Crippen molar-refractivity contribution in [2.45, 2.75) is 44.6 Å². The van der Waals surface area contributed by atoms with Gasteiger partial charge in [0.05, 0.1) is 32.8 Å². The number of esters is 1. The predicted molar refractivity (Wildman–Crippen MR) is 119 cm³/mol. The lowest BCUT2D eigenvalue weighted by Gasteiger charge is -2.35. The van der Waals surface area contributed by atoms with Crippen LogP contribution in [-0.4, -0.2) is 32.9 Å². The highest BCUT2D eigenvalue weighted by atomic mass is 16.5. The Bertz CT molecular complexity index is 885. The van der Waals surface area contributed by atoms with Gasteiger partial charge in [-0.3, -0.25) is 4.79 Å². The van der Waals surface area contributed by atoms with E-state index in [-0.39, 0.29) is 23.9 Å². The monoisotopic (exact) mass is 424 g/mol. The summed E-state index contributed by atoms with van der Waals surface area (Å²) in [6, 6.07) is 16.0. The van der Waals surface area contributed by atoms with Crippen molar-refractivity contribution in [3.8, 4) is 17.2 Å². The van der Waals surface area contributed by atoms with Crippen LogP contribution in [0.2, 0.25) is 0 Å². The van der Waals surface area contributed by atoms with Crippen LogP contribution >= 0.6 is 0 Å². The van der Waals surface area contributed by atoms with Crippen LogP contribution < -0.4 is 14.2 Å². The Hall–Kier alpha value is -2.69. The van der Waals surface area contributed by atoms with E-state index in [0.29, 0.717) is 18.4 Å². The van der Waals surface area contributed by atoms with Crippen LogP contribution in [0.1, 0.15) is 44.1 Å². The van der Waals surface area contributed by atoms with E-state index in [9.17, 15) is 4.79 Å². The van der Waals surface area contributed by atoms with Crippen molar-refractivity contribution in [2.75, 3.05) is 20.8 Å². The smallest absolute Gasteiger partial charge is 0.309 e. The third-order valence-electron chi connectivity index (χ3n) is 6.51. The van der Waals surface area contributed by atoms with E-state index in [1.54, 1.807) is 7.11 Å². The largest absolute Gasteiger partial charge is 0.497 e. The van der Waals surface area contributed by atoms with Crippen molar-refractivity contribution in [3.63, 3.8) is 0 Å². The van der Waals surface area contributed by atoms with E-state index >= 15 is 0 Å². The van der Waals surface area contributed by atoms with Gasteiger partial charge in [-0.1, -0.05) is 25.1 Å². The summed E-state index contributed by atoms with van der Waals surface area (Å²) in [5.41, 5.74) is 1.17. The van der Waals surface area contributed by atoms with Gasteiger partial charge < -0.3 is 18.9 Å². The van der Waals surface area contributed by atoms with E-state index in [0.717, 1.165) is 30.1 Å². The minimum atomic E-state index is -0.145. The molecule has 0 amide bonds. The first-order valence-corrected chi connectivity index (χ1v) is 11.2. The normalized spacial score (nSPS) is 22.0. The molecule has 0 bridgehead atoms. The third kappa shape index (κ3) is 5.33.